The molecule has 0 spiro atoms. The molecule has 5 nitrogen and oxygen atoms in total. The van der Waals surface area contributed by atoms with E-state index in [1.807, 2.05) is 0 Å². The van der Waals surface area contributed by atoms with Gasteiger partial charge in [0.2, 0.25) is 0 Å². The van der Waals surface area contributed by atoms with Gasteiger partial charge in [-0.3, -0.25) is 0 Å². The van der Waals surface area contributed by atoms with Crippen LogP contribution in [-0.2, 0) is 11.3 Å². The van der Waals surface area contributed by atoms with E-state index in [0.29, 0.717) is 17.1 Å². The second-order valence-corrected chi connectivity index (χ2v) is 4.27. The second kappa shape index (κ2) is 7.31. The predicted octanol–water partition coefficient (Wildman–Crippen LogP) is 2.95. The highest BCUT2D eigenvalue weighted by atomic mass is 16.7. The Morgan fingerprint density at radius 1 is 1.00 bits per heavy atom. The van der Waals surface area contributed by atoms with Crippen molar-refractivity contribution in [3.63, 3.8) is 0 Å². The minimum Gasteiger partial charge on any atom is -0.489 e. The van der Waals surface area contributed by atoms with Gasteiger partial charge in [-0.05, 0) is 30.3 Å². The van der Waals surface area contributed by atoms with Gasteiger partial charge in [0, 0.05) is 12.7 Å². The Kier molecular flexibility index (Phi) is 5.17. The fourth-order valence-corrected chi connectivity index (χ4v) is 1.77. The first-order valence-electron chi connectivity index (χ1n) is 6.36. The van der Waals surface area contributed by atoms with Gasteiger partial charge in [-0.1, -0.05) is 18.2 Å². The number of carboxylic acids is 1. The summed E-state index contributed by atoms with van der Waals surface area (Å²) in [7, 11) is 1.55. The highest BCUT2D eigenvalue weighted by molar-refractivity contribution is 5.89. The number of carbonyl (C=O) groups is 1. The average molecular weight is 288 g/mol. The second-order valence-electron chi connectivity index (χ2n) is 4.27. The monoisotopic (exact) mass is 288 g/mol. The number of rotatable bonds is 7. The van der Waals surface area contributed by atoms with Crippen molar-refractivity contribution < 1.29 is 24.1 Å². The first-order valence-corrected chi connectivity index (χ1v) is 6.36. The summed E-state index contributed by atoms with van der Waals surface area (Å²) in [5, 5.41) is 9.10. The van der Waals surface area contributed by atoms with Crippen LogP contribution < -0.4 is 9.47 Å². The number of carboxylic acid groups (broad SMARTS) is 1. The SMILES string of the molecule is COCOc1ccc(OCc2ccccc2C(=O)O)cc1. The van der Waals surface area contributed by atoms with E-state index in [1.54, 1.807) is 55.6 Å². The number of aromatic carboxylic acids is 1. The summed E-state index contributed by atoms with van der Waals surface area (Å²) in [5.41, 5.74) is 0.877. The molecule has 0 radical (unpaired) electrons. The molecule has 0 saturated heterocycles. The van der Waals surface area contributed by atoms with Gasteiger partial charge in [-0.2, -0.15) is 0 Å². The van der Waals surface area contributed by atoms with Crippen LogP contribution in [0.4, 0.5) is 0 Å². The summed E-state index contributed by atoms with van der Waals surface area (Å²) in [4.78, 5) is 11.1. The number of benzene rings is 2. The molecule has 0 aliphatic heterocycles. The molecule has 0 unspecified atom stereocenters. The number of methoxy groups -OCH3 is 1. The number of hydrogen-bond acceptors (Lipinski definition) is 4. The highest BCUT2D eigenvalue weighted by Crippen LogP contribution is 2.19. The molecule has 21 heavy (non-hydrogen) atoms. The predicted molar refractivity (Wildman–Crippen MR) is 76.7 cm³/mol. The van der Waals surface area contributed by atoms with Crippen molar-refractivity contribution in [3.05, 3.63) is 59.7 Å². The van der Waals surface area contributed by atoms with E-state index in [-0.39, 0.29) is 19.0 Å². The van der Waals surface area contributed by atoms with E-state index in [4.69, 9.17) is 19.3 Å². The molecule has 2 aromatic carbocycles. The zero-order chi connectivity index (χ0) is 15.1. The molecular formula is C16H16O5. The van der Waals surface area contributed by atoms with Crippen molar-refractivity contribution in [1.29, 1.82) is 0 Å². The third-order valence-corrected chi connectivity index (χ3v) is 2.81. The third-order valence-electron chi connectivity index (χ3n) is 2.81. The Morgan fingerprint density at radius 3 is 2.24 bits per heavy atom. The van der Waals surface area contributed by atoms with Gasteiger partial charge < -0.3 is 19.3 Å². The molecule has 0 aromatic heterocycles. The standard InChI is InChI=1S/C16H16O5/c1-19-11-21-14-8-6-13(7-9-14)20-10-12-4-2-3-5-15(12)16(17)18/h2-9H,10-11H2,1H3,(H,17,18). The van der Waals surface area contributed by atoms with E-state index in [1.165, 1.54) is 0 Å². The smallest absolute Gasteiger partial charge is 0.336 e. The van der Waals surface area contributed by atoms with Crippen LogP contribution in [0.25, 0.3) is 0 Å². The summed E-state index contributed by atoms with van der Waals surface area (Å²) >= 11 is 0. The average Bonchev–Trinajstić information content (AvgIpc) is 2.52. The molecule has 0 aliphatic rings. The normalized spacial score (nSPS) is 10.1. The Labute approximate surface area is 122 Å². The molecule has 0 bridgehead atoms. The van der Waals surface area contributed by atoms with Gasteiger partial charge in [-0.15, -0.1) is 0 Å². The van der Waals surface area contributed by atoms with Gasteiger partial charge in [0.25, 0.3) is 0 Å². The molecule has 0 atom stereocenters. The Morgan fingerprint density at radius 2 is 1.62 bits per heavy atom. The van der Waals surface area contributed by atoms with Gasteiger partial charge in [0.15, 0.2) is 6.79 Å². The summed E-state index contributed by atoms with van der Waals surface area (Å²) in [6.07, 6.45) is 0. The van der Waals surface area contributed by atoms with Crippen molar-refractivity contribution in [2.24, 2.45) is 0 Å². The molecule has 2 aromatic rings. The summed E-state index contributed by atoms with van der Waals surface area (Å²) in [6.45, 7) is 0.382. The molecule has 0 saturated carbocycles. The van der Waals surface area contributed by atoms with Crippen LogP contribution in [0.3, 0.4) is 0 Å². The van der Waals surface area contributed by atoms with Crippen LogP contribution >= 0.6 is 0 Å². The largest absolute Gasteiger partial charge is 0.489 e. The quantitative estimate of drug-likeness (QED) is 0.793. The van der Waals surface area contributed by atoms with Gasteiger partial charge in [-0.25, -0.2) is 4.79 Å². The highest BCUT2D eigenvalue weighted by Gasteiger charge is 2.09. The Hall–Kier alpha value is -2.53. The molecule has 1 N–H and O–H groups in total. The van der Waals surface area contributed by atoms with Crippen LogP contribution in [-0.4, -0.2) is 25.0 Å². The summed E-state index contributed by atoms with van der Waals surface area (Å²) in [5.74, 6) is 0.354. The Balaban J connectivity index is 1.98. The first-order chi connectivity index (χ1) is 10.2. The maximum Gasteiger partial charge on any atom is 0.336 e. The molecule has 0 fully saturated rings. The third kappa shape index (κ3) is 4.22. The van der Waals surface area contributed by atoms with Crippen LogP contribution in [0.5, 0.6) is 11.5 Å². The van der Waals surface area contributed by atoms with E-state index in [9.17, 15) is 4.79 Å². The first kappa shape index (κ1) is 14.9. The lowest BCUT2D eigenvalue weighted by Crippen LogP contribution is -2.05. The zero-order valence-corrected chi connectivity index (χ0v) is 11.6. The van der Waals surface area contributed by atoms with Crippen LogP contribution in [0.2, 0.25) is 0 Å². The van der Waals surface area contributed by atoms with E-state index >= 15 is 0 Å². The lowest BCUT2D eigenvalue weighted by atomic mass is 10.1. The van der Waals surface area contributed by atoms with Crippen molar-refractivity contribution in [2.75, 3.05) is 13.9 Å². The van der Waals surface area contributed by atoms with Gasteiger partial charge in [0.1, 0.15) is 18.1 Å². The summed E-state index contributed by atoms with van der Waals surface area (Å²) in [6, 6.07) is 13.8. The molecule has 0 amide bonds. The lowest BCUT2D eigenvalue weighted by Gasteiger charge is -2.09. The minimum absolute atomic E-state index is 0.187. The van der Waals surface area contributed by atoms with Crippen LogP contribution in [0, 0.1) is 0 Å². The molecule has 0 aliphatic carbocycles. The van der Waals surface area contributed by atoms with Gasteiger partial charge >= 0.3 is 5.97 Å². The Bertz CT molecular complexity index is 592. The molecule has 0 heterocycles. The lowest BCUT2D eigenvalue weighted by molar-refractivity contribution is 0.0510. The fraction of sp³-hybridized carbons (Fsp3) is 0.188. The maximum absolute atomic E-state index is 11.1. The van der Waals surface area contributed by atoms with E-state index < -0.39 is 5.97 Å². The van der Waals surface area contributed by atoms with Crippen molar-refractivity contribution in [1.82, 2.24) is 0 Å². The van der Waals surface area contributed by atoms with Crippen molar-refractivity contribution in [2.45, 2.75) is 6.61 Å². The van der Waals surface area contributed by atoms with Crippen molar-refractivity contribution >= 4 is 5.97 Å². The van der Waals surface area contributed by atoms with Gasteiger partial charge in [0.05, 0.1) is 5.56 Å². The fourth-order valence-electron chi connectivity index (χ4n) is 1.77. The molecule has 5 heteroatoms. The van der Waals surface area contributed by atoms with Crippen LogP contribution in [0.15, 0.2) is 48.5 Å². The van der Waals surface area contributed by atoms with Crippen molar-refractivity contribution in [3.8, 4) is 11.5 Å². The molecular weight excluding hydrogens is 272 g/mol. The van der Waals surface area contributed by atoms with Crippen LogP contribution in [0.1, 0.15) is 15.9 Å². The minimum atomic E-state index is -0.961. The van der Waals surface area contributed by atoms with E-state index in [2.05, 4.69) is 0 Å². The number of hydrogen-bond donors (Lipinski definition) is 1. The van der Waals surface area contributed by atoms with E-state index in [0.717, 1.165) is 0 Å². The maximum atomic E-state index is 11.1. The topological polar surface area (TPSA) is 65.0 Å². The zero-order valence-electron chi connectivity index (χ0n) is 11.6. The molecule has 2 rings (SSSR count). The summed E-state index contributed by atoms with van der Waals surface area (Å²) < 4.78 is 15.7. The molecule has 110 valence electrons. The number of ether oxygens (including phenoxy) is 3.